The fourth-order valence-corrected chi connectivity index (χ4v) is 2.90. The zero-order valence-corrected chi connectivity index (χ0v) is 13.5. The highest BCUT2D eigenvalue weighted by Crippen LogP contribution is 2.28. The summed E-state index contributed by atoms with van der Waals surface area (Å²) in [7, 11) is 1.93. The summed E-state index contributed by atoms with van der Waals surface area (Å²) in [4.78, 5) is 5.50. The van der Waals surface area contributed by atoms with Crippen LogP contribution in [0.15, 0.2) is 23.7 Å². The lowest BCUT2D eigenvalue weighted by Crippen LogP contribution is -2.12. The Morgan fingerprint density at radius 2 is 2.25 bits per heavy atom. The second-order valence-corrected chi connectivity index (χ2v) is 6.01. The van der Waals surface area contributed by atoms with Crippen LogP contribution in [0, 0.1) is 6.92 Å². The molecule has 1 aromatic heterocycles. The molecule has 1 aromatic carbocycles. The first-order chi connectivity index (χ1) is 9.61. The molecular formula is C15H19ClN2OS. The average molecular weight is 311 g/mol. The van der Waals surface area contributed by atoms with Gasteiger partial charge in [-0.1, -0.05) is 17.7 Å². The van der Waals surface area contributed by atoms with Gasteiger partial charge in [-0.05, 0) is 38.6 Å². The van der Waals surface area contributed by atoms with Crippen LogP contribution in [0.5, 0.6) is 5.75 Å². The Balaban J connectivity index is 1.95. The van der Waals surface area contributed by atoms with Gasteiger partial charge in [0.2, 0.25) is 0 Å². The maximum Gasteiger partial charge on any atom is 0.137 e. The van der Waals surface area contributed by atoms with Crippen LogP contribution in [-0.2, 0) is 6.42 Å². The van der Waals surface area contributed by atoms with Crippen molar-refractivity contribution in [2.45, 2.75) is 26.3 Å². The lowest BCUT2D eigenvalue weighted by atomic mass is 10.1. The minimum absolute atomic E-state index is 0.279. The summed E-state index contributed by atoms with van der Waals surface area (Å²) in [6.07, 6.45) is 0.863. The third-order valence-corrected chi connectivity index (χ3v) is 4.61. The van der Waals surface area contributed by atoms with E-state index in [1.165, 1.54) is 4.88 Å². The second kappa shape index (κ2) is 7.07. The molecule has 108 valence electrons. The first kappa shape index (κ1) is 15.3. The third-order valence-electron chi connectivity index (χ3n) is 3.32. The summed E-state index contributed by atoms with van der Waals surface area (Å²) in [5, 5.41) is 3.85. The summed E-state index contributed by atoms with van der Waals surface area (Å²) in [6, 6.07) is 6.21. The Kier molecular flexibility index (Phi) is 5.40. The first-order valence-corrected chi connectivity index (χ1v) is 7.86. The molecular weight excluding hydrogens is 292 g/mol. The van der Waals surface area contributed by atoms with Gasteiger partial charge in [0.15, 0.2) is 0 Å². The quantitative estimate of drug-likeness (QED) is 0.875. The fourth-order valence-electron chi connectivity index (χ4n) is 1.89. The molecule has 0 amide bonds. The predicted octanol–water partition coefficient (Wildman–Crippen LogP) is 4.01. The minimum atomic E-state index is 0.279. The van der Waals surface area contributed by atoms with Crippen LogP contribution in [-0.4, -0.2) is 18.6 Å². The van der Waals surface area contributed by atoms with Crippen molar-refractivity contribution in [2.75, 3.05) is 13.7 Å². The van der Waals surface area contributed by atoms with Gasteiger partial charge in [0.25, 0.3) is 0 Å². The number of halogens is 1. The van der Waals surface area contributed by atoms with Crippen molar-refractivity contribution in [3.05, 3.63) is 44.9 Å². The molecule has 0 aliphatic heterocycles. The van der Waals surface area contributed by atoms with Crippen LogP contribution < -0.4 is 10.1 Å². The highest BCUT2D eigenvalue weighted by Gasteiger charge is 2.08. The van der Waals surface area contributed by atoms with Crippen molar-refractivity contribution in [3.63, 3.8) is 0 Å². The molecule has 20 heavy (non-hydrogen) atoms. The van der Waals surface area contributed by atoms with Gasteiger partial charge in [0.05, 0.1) is 22.8 Å². The second-order valence-electron chi connectivity index (χ2n) is 4.66. The Hall–Kier alpha value is -1.10. The summed E-state index contributed by atoms with van der Waals surface area (Å²) >= 11 is 7.93. The Morgan fingerprint density at radius 1 is 1.45 bits per heavy atom. The Morgan fingerprint density at radius 3 is 2.85 bits per heavy atom. The summed E-state index contributed by atoms with van der Waals surface area (Å²) in [5.41, 5.74) is 4.11. The molecule has 0 radical (unpaired) electrons. The number of aromatic nitrogens is 1. The Labute approximate surface area is 129 Å². The van der Waals surface area contributed by atoms with Gasteiger partial charge in [-0.3, -0.25) is 0 Å². The zero-order chi connectivity index (χ0) is 14.5. The van der Waals surface area contributed by atoms with Gasteiger partial charge in [-0.2, -0.15) is 0 Å². The smallest absolute Gasteiger partial charge is 0.137 e. The number of aryl methyl sites for hydroxylation is 1. The van der Waals surface area contributed by atoms with Crippen molar-refractivity contribution < 1.29 is 4.74 Å². The monoisotopic (exact) mass is 310 g/mol. The van der Waals surface area contributed by atoms with Crippen molar-refractivity contribution in [1.29, 1.82) is 0 Å². The average Bonchev–Trinajstić information content (AvgIpc) is 2.85. The summed E-state index contributed by atoms with van der Waals surface area (Å²) in [6.45, 7) is 4.73. The SMILES string of the molecule is CNC(C)c1ccc(OCCc2scnc2C)c(Cl)c1. The number of nitrogens with one attached hydrogen (secondary N) is 1. The molecule has 0 saturated carbocycles. The van der Waals surface area contributed by atoms with Crippen LogP contribution >= 0.6 is 22.9 Å². The molecule has 2 rings (SSSR count). The van der Waals surface area contributed by atoms with Gasteiger partial charge < -0.3 is 10.1 Å². The van der Waals surface area contributed by atoms with E-state index in [4.69, 9.17) is 16.3 Å². The highest BCUT2D eigenvalue weighted by atomic mass is 35.5. The summed E-state index contributed by atoms with van der Waals surface area (Å²) in [5.74, 6) is 0.737. The van der Waals surface area contributed by atoms with E-state index in [0.29, 0.717) is 11.6 Å². The number of benzene rings is 1. The first-order valence-electron chi connectivity index (χ1n) is 6.60. The number of thiazole rings is 1. The molecule has 0 spiro atoms. The lowest BCUT2D eigenvalue weighted by Gasteiger charge is -2.13. The molecule has 1 N–H and O–H groups in total. The molecule has 1 heterocycles. The van der Waals surface area contributed by atoms with E-state index in [-0.39, 0.29) is 6.04 Å². The predicted molar refractivity (Wildman–Crippen MR) is 85.0 cm³/mol. The minimum Gasteiger partial charge on any atom is -0.492 e. The van der Waals surface area contributed by atoms with Crippen LogP contribution in [0.1, 0.15) is 29.1 Å². The zero-order valence-electron chi connectivity index (χ0n) is 11.9. The normalized spacial score (nSPS) is 12.4. The van der Waals surface area contributed by atoms with E-state index in [1.54, 1.807) is 11.3 Å². The molecule has 0 saturated heterocycles. The molecule has 0 bridgehead atoms. The van der Waals surface area contributed by atoms with Gasteiger partial charge in [-0.25, -0.2) is 4.98 Å². The van der Waals surface area contributed by atoms with Crippen molar-refractivity contribution in [3.8, 4) is 5.75 Å². The van der Waals surface area contributed by atoms with Gasteiger partial charge in [0.1, 0.15) is 5.75 Å². The molecule has 0 aliphatic rings. The van der Waals surface area contributed by atoms with Crippen molar-refractivity contribution in [1.82, 2.24) is 10.3 Å². The molecule has 5 heteroatoms. The van der Waals surface area contributed by atoms with Gasteiger partial charge >= 0.3 is 0 Å². The van der Waals surface area contributed by atoms with E-state index in [2.05, 4.69) is 17.2 Å². The molecule has 0 fully saturated rings. The van der Waals surface area contributed by atoms with E-state index in [9.17, 15) is 0 Å². The number of rotatable bonds is 6. The van der Waals surface area contributed by atoms with Gasteiger partial charge in [-0.15, -0.1) is 11.3 Å². The number of nitrogens with zero attached hydrogens (tertiary/aromatic N) is 1. The standard InChI is InChI=1S/C15H19ClN2OS/c1-10(17-3)12-4-5-14(13(16)8-12)19-7-6-15-11(2)18-9-20-15/h4-5,8-10,17H,6-7H2,1-3H3. The van der Waals surface area contributed by atoms with Crippen LogP contribution in [0.3, 0.4) is 0 Å². The molecule has 1 unspecified atom stereocenters. The lowest BCUT2D eigenvalue weighted by molar-refractivity contribution is 0.322. The van der Waals surface area contributed by atoms with E-state index in [1.807, 2.05) is 37.7 Å². The van der Waals surface area contributed by atoms with Crippen LogP contribution in [0.4, 0.5) is 0 Å². The van der Waals surface area contributed by atoms with Crippen LogP contribution in [0.2, 0.25) is 5.02 Å². The number of ether oxygens (including phenoxy) is 1. The number of hydrogen-bond acceptors (Lipinski definition) is 4. The Bertz CT molecular complexity index is 571. The molecule has 3 nitrogen and oxygen atoms in total. The largest absolute Gasteiger partial charge is 0.492 e. The molecule has 2 aromatic rings. The van der Waals surface area contributed by atoms with E-state index < -0.39 is 0 Å². The van der Waals surface area contributed by atoms with Crippen molar-refractivity contribution >= 4 is 22.9 Å². The van der Waals surface area contributed by atoms with Crippen LogP contribution in [0.25, 0.3) is 0 Å². The topological polar surface area (TPSA) is 34.1 Å². The maximum absolute atomic E-state index is 6.26. The number of hydrogen-bond donors (Lipinski definition) is 1. The molecule has 1 atom stereocenters. The summed E-state index contributed by atoms with van der Waals surface area (Å²) < 4.78 is 5.76. The highest BCUT2D eigenvalue weighted by molar-refractivity contribution is 7.09. The van der Waals surface area contributed by atoms with Gasteiger partial charge in [0, 0.05) is 17.3 Å². The third kappa shape index (κ3) is 3.72. The fraction of sp³-hybridized carbons (Fsp3) is 0.400. The van der Waals surface area contributed by atoms with Crippen molar-refractivity contribution in [2.24, 2.45) is 0 Å². The molecule has 0 aliphatic carbocycles. The maximum atomic E-state index is 6.26. The van der Waals surface area contributed by atoms with E-state index >= 15 is 0 Å². The van der Waals surface area contributed by atoms with E-state index in [0.717, 1.165) is 23.4 Å².